The SMILES string of the molecule is CCCCCCCCCc1ccccc1O[P+](=O)Oc1ccccc1CCCCCCCCC. The van der Waals surface area contributed by atoms with Crippen LogP contribution >= 0.6 is 8.25 Å². The molecule has 0 saturated heterocycles. The normalized spacial score (nSPS) is 10.9. The quantitative estimate of drug-likeness (QED) is 0.138. The van der Waals surface area contributed by atoms with Crippen LogP contribution in [-0.2, 0) is 17.4 Å². The molecule has 0 heterocycles. The van der Waals surface area contributed by atoms with Gasteiger partial charge in [0.05, 0.1) is 0 Å². The summed E-state index contributed by atoms with van der Waals surface area (Å²) < 4.78 is 24.3. The predicted molar refractivity (Wildman–Crippen MR) is 145 cm³/mol. The molecule has 3 nitrogen and oxygen atoms in total. The van der Waals surface area contributed by atoms with E-state index in [9.17, 15) is 4.57 Å². The van der Waals surface area contributed by atoms with Crippen molar-refractivity contribution in [1.82, 2.24) is 0 Å². The molecule has 0 aromatic heterocycles. The van der Waals surface area contributed by atoms with E-state index in [0.29, 0.717) is 11.5 Å². The fourth-order valence-electron chi connectivity index (χ4n) is 4.32. The topological polar surface area (TPSA) is 35.5 Å². The van der Waals surface area contributed by atoms with Crippen LogP contribution in [0.5, 0.6) is 11.5 Å². The van der Waals surface area contributed by atoms with Crippen LogP contribution in [0.1, 0.15) is 115 Å². The van der Waals surface area contributed by atoms with Crippen molar-refractivity contribution >= 4 is 8.25 Å². The van der Waals surface area contributed by atoms with E-state index >= 15 is 0 Å². The highest BCUT2D eigenvalue weighted by atomic mass is 31.1. The Morgan fingerprint density at radius 2 is 0.882 bits per heavy atom. The first-order chi connectivity index (χ1) is 16.7. The predicted octanol–water partition coefficient (Wildman–Crippen LogP) is 10.4. The monoisotopic (exact) mass is 485 g/mol. The Kier molecular flexibility index (Phi) is 15.4. The van der Waals surface area contributed by atoms with Crippen molar-refractivity contribution in [2.24, 2.45) is 0 Å². The Labute approximate surface area is 209 Å². The Hall–Kier alpha value is -1.86. The van der Waals surface area contributed by atoms with Gasteiger partial charge in [-0.05, 0) is 37.8 Å². The molecule has 2 aromatic rings. The molecule has 0 spiro atoms. The Balaban J connectivity index is 1.79. The van der Waals surface area contributed by atoms with Gasteiger partial charge >= 0.3 is 8.25 Å². The van der Waals surface area contributed by atoms with Crippen LogP contribution in [0.15, 0.2) is 48.5 Å². The maximum Gasteiger partial charge on any atom is 0.805 e. The Morgan fingerprint density at radius 3 is 1.29 bits per heavy atom. The van der Waals surface area contributed by atoms with Gasteiger partial charge in [-0.1, -0.05) is 127 Å². The minimum atomic E-state index is -2.27. The summed E-state index contributed by atoms with van der Waals surface area (Å²) in [4.78, 5) is 0. The summed E-state index contributed by atoms with van der Waals surface area (Å²) in [7, 11) is -2.27. The fraction of sp³-hybridized carbons (Fsp3) is 0.600. The minimum absolute atomic E-state index is 0.680. The molecule has 34 heavy (non-hydrogen) atoms. The van der Waals surface area contributed by atoms with Gasteiger partial charge in [-0.15, -0.1) is 0 Å². The van der Waals surface area contributed by atoms with Crippen LogP contribution in [-0.4, -0.2) is 0 Å². The number of aryl methyl sites for hydroxylation is 2. The number of benzene rings is 2. The number of rotatable bonds is 20. The summed E-state index contributed by atoms with van der Waals surface area (Å²) >= 11 is 0. The van der Waals surface area contributed by atoms with Crippen molar-refractivity contribution in [2.45, 2.75) is 117 Å². The van der Waals surface area contributed by atoms with Crippen LogP contribution in [0.25, 0.3) is 0 Å². The van der Waals surface area contributed by atoms with E-state index in [1.54, 1.807) is 0 Å². The smallest absolute Gasteiger partial charge is 0.222 e. The van der Waals surface area contributed by atoms with Gasteiger partial charge in [0.1, 0.15) is 0 Å². The van der Waals surface area contributed by atoms with Crippen molar-refractivity contribution in [1.29, 1.82) is 0 Å². The summed E-state index contributed by atoms with van der Waals surface area (Å²) in [6.45, 7) is 4.50. The van der Waals surface area contributed by atoms with Crippen molar-refractivity contribution in [3.63, 3.8) is 0 Å². The fourth-order valence-corrected chi connectivity index (χ4v) is 5.04. The van der Waals surface area contributed by atoms with Gasteiger partial charge in [-0.3, -0.25) is 0 Å². The molecule has 0 aliphatic rings. The van der Waals surface area contributed by atoms with Gasteiger partial charge in [0.25, 0.3) is 0 Å². The maximum atomic E-state index is 12.7. The standard InChI is InChI=1S/C30H46O3P/c1-3-5-7-9-11-13-15-21-27-23-17-19-25-29(27)32-34(31)33-30-26-20-18-24-28(30)22-16-14-12-10-8-6-4-2/h17-20,23-26H,3-16,21-22H2,1-2H3/q+1. The van der Waals surface area contributed by atoms with Crippen molar-refractivity contribution in [3.05, 3.63) is 59.7 Å². The zero-order valence-corrected chi connectivity index (χ0v) is 22.5. The first-order valence-corrected chi connectivity index (χ1v) is 14.8. The highest BCUT2D eigenvalue weighted by Gasteiger charge is 2.27. The minimum Gasteiger partial charge on any atom is -0.222 e. The number of hydrogen-bond donors (Lipinski definition) is 0. The summed E-state index contributed by atoms with van der Waals surface area (Å²) in [5.74, 6) is 1.36. The van der Waals surface area contributed by atoms with Gasteiger partial charge in [0.2, 0.25) is 0 Å². The van der Waals surface area contributed by atoms with E-state index in [-0.39, 0.29) is 0 Å². The van der Waals surface area contributed by atoms with Crippen LogP contribution in [0.4, 0.5) is 0 Å². The van der Waals surface area contributed by atoms with Crippen molar-refractivity contribution in [2.75, 3.05) is 0 Å². The summed E-state index contributed by atoms with van der Waals surface area (Å²) in [6, 6.07) is 15.9. The second-order valence-electron chi connectivity index (χ2n) is 9.36. The third-order valence-electron chi connectivity index (χ3n) is 6.39. The Morgan fingerprint density at radius 1 is 0.529 bits per heavy atom. The second-order valence-corrected chi connectivity index (χ2v) is 10.2. The second kappa shape index (κ2) is 18.5. The summed E-state index contributed by atoms with van der Waals surface area (Å²) in [5, 5.41) is 0. The third-order valence-corrected chi connectivity index (χ3v) is 7.08. The molecule has 188 valence electrons. The average molecular weight is 486 g/mol. The zero-order chi connectivity index (χ0) is 24.3. The van der Waals surface area contributed by atoms with E-state index in [1.165, 1.54) is 77.0 Å². The molecule has 0 atom stereocenters. The first kappa shape index (κ1) is 28.4. The van der Waals surface area contributed by atoms with Crippen molar-refractivity contribution in [3.8, 4) is 11.5 Å². The van der Waals surface area contributed by atoms with E-state index in [0.717, 1.165) is 36.8 Å². The lowest BCUT2D eigenvalue weighted by atomic mass is 10.0. The molecule has 0 fully saturated rings. The molecule has 0 aliphatic carbocycles. The molecule has 0 bridgehead atoms. The molecular weight excluding hydrogens is 439 g/mol. The zero-order valence-electron chi connectivity index (χ0n) is 21.6. The van der Waals surface area contributed by atoms with Gasteiger partial charge in [-0.25, -0.2) is 9.05 Å². The van der Waals surface area contributed by atoms with Gasteiger partial charge in [0, 0.05) is 15.7 Å². The molecule has 0 saturated carbocycles. The maximum absolute atomic E-state index is 12.7. The lowest BCUT2D eigenvalue weighted by Crippen LogP contribution is -1.96. The molecule has 0 aliphatic heterocycles. The molecule has 2 rings (SSSR count). The van der Waals surface area contributed by atoms with Crippen LogP contribution in [0.3, 0.4) is 0 Å². The van der Waals surface area contributed by atoms with Crippen molar-refractivity contribution < 1.29 is 13.6 Å². The van der Waals surface area contributed by atoms with E-state index in [1.807, 2.05) is 36.4 Å². The molecule has 0 radical (unpaired) electrons. The van der Waals surface area contributed by atoms with E-state index < -0.39 is 8.25 Å². The number of unbranched alkanes of at least 4 members (excludes halogenated alkanes) is 12. The van der Waals surface area contributed by atoms with Crippen LogP contribution in [0.2, 0.25) is 0 Å². The highest BCUT2D eigenvalue weighted by molar-refractivity contribution is 7.34. The molecule has 0 N–H and O–H groups in total. The van der Waals surface area contributed by atoms with Gasteiger partial charge in [-0.2, -0.15) is 0 Å². The largest absolute Gasteiger partial charge is 0.805 e. The molecular formula is C30H46O3P+. The van der Waals surface area contributed by atoms with Gasteiger partial charge < -0.3 is 0 Å². The van der Waals surface area contributed by atoms with Gasteiger partial charge in [0.15, 0.2) is 11.5 Å². The summed E-state index contributed by atoms with van der Waals surface area (Å²) in [5.41, 5.74) is 2.22. The molecule has 4 heteroatoms. The Bertz CT molecular complexity index is 740. The molecule has 2 aromatic carbocycles. The first-order valence-electron chi connectivity index (χ1n) is 13.7. The van der Waals surface area contributed by atoms with E-state index in [4.69, 9.17) is 9.05 Å². The lowest BCUT2D eigenvalue weighted by molar-refractivity contribution is 0.411. The third kappa shape index (κ3) is 12.0. The van der Waals surface area contributed by atoms with E-state index in [2.05, 4.69) is 26.0 Å². The number of para-hydroxylation sites is 2. The highest BCUT2D eigenvalue weighted by Crippen LogP contribution is 2.35. The summed E-state index contributed by atoms with van der Waals surface area (Å²) in [6.07, 6.45) is 19.8. The van der Waals surface area contributed by atoms with Crippen LogP contribution < -0.4 is 9.05 Å². The molecule has 0 unspecified atom stereocenters. The lowest BCUT2D eigenvalue weighted by Gasteiger charge is -2.06. The average Bonchev–Trinajstić information content (AvgIpc) is 2.85. The number of hydrogen-bond acceptors (Lipinski definition) is 3. The van der Waals surface area contributed by atoms with Crippen LogP contribution in [0, 0.1) is 0 Å². The molecule has 0 amide bonds.